The van der Waals surface area contributed by atoms with Gasteiger partial charge in [0.1, 0.15) is 11.5 Å². The van der Waals surface area contributed by atoms with Gasteiger partial charge in [-0.05, 0) is 49.1 Å². The summed E-state index contributed by atoms with van der Waals surface area (Å²) in [4.78, 5) is 2.26. The van der Waals surface area contributed by atoms with Gasteiger partial charge in [0.05, 0.1) is 6.61 Å². The van der Waals surface area contributed by atoms with Crippen LogP contribution in [0.25, 0.3) is 10.8 Å². The molecule has 1 aliphatic heterocycles. The molecule has 1 fully saturated rings. The van der Waals surface area contributed by atoms with E-state index in [1.807, 2.05) is 30.3 Å². The lowest BCUT2D eigenvalue weighted by Crippen LogP contribution is -2.48. The van der Waals surface area contributed by atoms with Crippen molar-refractivity contribution in [3.8, 4) is 5.75 Å². The number of ether oxygens (including phenoxy) is 1. The Morgan fingerprint density at radius 1 is 0.897 bits per heavy atom. The smallest absolute Gasteiger partial charge is 0.144 e. The Balaban J connectivity index is 1.47. The Kier molecular flexibility index (Phi) is 6.17. The number of aliphatic hydroxyl groups is 1. The molecule has 4 rings (SSSR count). The van der Waals surface area contributed by atoms with Crippen molar-refractivity contribution in [1.29, 1.82) is 0 Å². The van der Waals surface area contributed by atoms with Crippen LogP contribution in [0.2, 0.25) is 0 Å². The van der Waals surface area contributed by atoms with Gasteiger partial charge in [0.25, 0.3) is 0 Å². The minimum Gasteiger partial charge on any atom is -0.493 e. The molecule has 1 saturated heterocycles. The topological polar surface area (TPSA) is 32.7 Å². The average molecular weight is 390 g/mol. The van der Waals surface area contributed by atoms with Crippen LogP contribution in [0.1, 0.15) is 43.2 Å². The molecule has 3 nitrogen and oxygen atoms in total. The Morgan fingerprint density at radius 2 is 1.62 bits per heavy atom. The number of fused-ring (bicyclic) bond motifs is 1. The molecule has 0 aromatic heterocycles. The lowest BCUT2D eigenvalue weighted by Gasteiger charge is -2.42. The molecule has 1 N–H and O–H groups in total. The molecule has 152 valence electrons. The fraction of sp³-hybridized carbons (Fsp3) is 0.385. The molecule has 3 aromatic rings. The van der Waals surface area contributed by atoms with Crippen molar-refractivity contribution in [2.45, 2.75) is 44.8 Å². The summed E-state index contributed by atoms with van der Waals surface area (Å²) in [5.41, 5.74) is 1.22. The second-order valence-corrected chi connectivity index (χ2v) is 8.12. The zero-order valence-electron chi connectivity index (χ0n) is 17.3. The zero-order chi connectivity index (χ0) is 20.1. The van der Waals surface area contributed by atoms with E-state index in [0.717, 1.165) is 54.6 Å². The highest BCUT2D eigenvalue weighted by Gasteiger charge is 2.36. The van der Waals surface area contributed by atoms with E-state index in [1.54, 1.807) is 0 Å². The number of aryl methyl sites for hydroxylation is 1. The lowest BCUT2D eigenvalue weighted by atomic mass is 9.93. The summed E-state index contributed by atoms with van der Waals surface area (Å²) in [7, 11) is 0. The molecule has 3 aromatic carbocycles. The van der Waals surface area contributed by atoms with Crippen LogP contribution in [0.15, 0.2) is 66.7 Å². The van der Waals surface area contributed by atoms with Crippen molar-refractivity contribution in [3.63, 3.8) is 0 Å². The molecular weight excluding hydrogens is 358 g/mol. The number of piperidine rings is 1. The van der Waals surface area contributed by atoms with Crippen LogP contribution in [0.5, 0.6) is 5.75 Å². The molecule has 0 radical (unpaired) electrons. The molecule has 0 amide bonds. The summed E-state index contributed by atoms with van der Waals surface area (Å²) in [6, 6.07) is 22.7. The molecular formula is C26H31NO2. The van der Waals surface area contributed by atoms with E-state index in [2.05, 4.69) is 48.2 Å². The fourth-order valence-corrected chi connectivity index (χ4v) is 4.49. The predicted octanol–water partition coefficient (Wildman–Crippen LogP) is 5.64. The first-order chi connectivity index (χ1) is 14.2. The minimum absolute atomic E-state index is 0.595. The Bertz CT molecular complexity index is 934. The molecule has 1 atom stereocenters. The maximum atomic E-state index is 11.7. The monoisotopic (exact) mass is 389 g/mol. The number of likely N-dealkylation sites (tertiary alicyclic amines) is 1. The van der Waals surface area contributed by atoms with E-state index in [0.29, 0.717) is 13.0 Å². The molecule has 29 heavy (non-hydrogen) atoms. The second-order valence-electron chi connectivity index (χ2n) is 8.12. The quantitative estimate of drug-likeness (QED) is 0.531. The second kappa shape index (κ2) is 8.98. The van der Waals surface area contributed by atoms with E-state index in [9.17, 15) is 5.11 Å². The summed E-state index contributed by atoms with van der Waals surface area (Å²) < 4.78 is 6.24. The first kappa shape index (κ1) is 19.9. The van der Waals surface area contributed by atoms with Crippen molar-refractivity contribution in [3.05, 3.63) is 77.9 Å². The minimum atomic E-state index is -0.918. The maximum Gasteiger partial charge on any atom is 0.144 e. The summed E-state index contributed by atoms with van der Waals surface area (Å²) in [6.07, 6.45) is 5.03. The molecule has 1 aliphatic rings. The van der Waals surface area contributed by atoms with Gasteiger partial charge in [-0.25, -0.2) is 0 Å². The van der Waals surface area contributed by atoms with Gasteiger partial charge < -0.3 is 9.84 Å². The largest absolute Gasteiger partial charge is 0.493 e. The first-order valence-corrected chi connectivity index (χ1v) is 10.8. The van der Waals surface area contributed by atoms with Crippen LogP contribution in [-0.2, 0) is 5.72 Å². The van der Waals surface area contributed by atoms with Crippen molar-refractivity contribution in [1.82, 2.24) is 4.90 Å². The van der Waals surface area contributed by atoms with Crippen LogP contribution in [0, 0.1) is 6.92 Å². The molecule has 0 saturated carbocycles. The standard InChI is InChI=1S/C26H31NO2/c1-21-15-16-22-11-6-7-14-24(22)25(21)29-20-10-17-26(28,23-12-4-2-5-13-23)27-18-8-3-9-19-27/h2,4-7,11-16,28H,3,8-10,17-20H2,1H3. The molecule has 0 aliphatic carbocycles. The number of nitrogens with zero attached hydrogens (tertiary/aromatic N) is 1. The van der Waals surface area contributed by atoms with Crippen molar-refractivity contribution < 1.29 is 9.84 Å². The van der Waals surface area contributed by atoms with Gasteiger partial charge in [-0.1, -0.05) is 73.2 Å². The lowest BCUT2D eigenvalue weighted by molar-refractivity contribution is -0.131. The van der Waals surface area contributed by atoms with Crippen molar-refractivity contribution >= 4 is 10.8 Å². The summed E-state index contributed by atoms with van der Waals surface area (Å²) in [5, 5.41) is 14.1. The van der Waals surface area contributed by atoms with E-state index >= 15 is 0 Å². The fourth-order valence-electron chi connectivity index (χ4n) is 4.49. The van der Waals surface area contributed by atoms with Gasteiger partial charge in [-0.3, -0.25) is 4.90 Å². The highest BCUT2D eigenvalue weighted by Crippen LogP contribution is 2.34. The number of benzene rings is 3. The summed E-state index contributed by atoms with van der Waals surface area (Å²) in [5.74, 6) is 0.962. The Morgan fingerprint density at radius 3 is 2.41 bits per heavy atom. The van der Waals surface area contributed by atoms with E-state index in [4.69, 9.17) is 4.74 Å². The maximum absolute atomic E-state index is 11.7. The van der Waals surface area contributed by atoms with Gasteiger partial charge >= 0.3 is 0 Å². The van der Waals surface area contributed by atoms with Gasteiger partial charge in [0.2, 0.25) is 0 Å². The Hall–Kier alpha value is -2.36. The summed E-state index contributed by atoms with van der Waals surface area (Å²) in [6.45, 7) is 4.59. The van der Waals surface area contributed by atoms with Crippen molar-refractivity contribution in [2.75, 3.05) is 19.7 Å². The number of hydrogen-bond acceptors (Lipinski definition) is 3. The molecule has 1 heterocycles. The van der Waals surface area contributed by atoms with Crippen molar-refractivity contribution in [2.24, 2.45) is 0 Å². The third-order valence-electron chi connectivity index (χ3n) is 6.11. The van der Waals surface area contributed by atoms with Crippen LogP contribution in [0.3, 0.4) is 0 Å². The average Bonchev–Trinajstić information content (AvgIpc) is 2.79. The third-order valence-corrected chi connectivity index (χ3v) is 6.11. The van der Waals surface area contributed by atoms with Gasteiger partial charge in [-0.2, -0.15) is 0 Å². The van der Waals surface area contributed by atoms with E-state index in [-0.39, 0.29) is 0 Å². The SMILES string of the molecule is Cc1ccc2ccccc2c1OCCCC(O)(c1ccccc1)N1CCCCC1. The first-order valence-electron chi connectivity index (χ1n) is 10.8. The van der Waals surface area contributed by atoms with E-state index < -0.39 is 5.72 Å². The predicted molar refractivity (Wildman–Crippen MR) is 119 cm³/mol. The van der Waals surface area contributed by atoms with Gasteiger partial charge in [0, 0.05) is 18.5 Å². The zero-order valence-corrected chi connectivity index (χ0v) is 17.3. The third kappa shape index (κ3) is 4.31. The van der Waals surface area contributed by atoms with Gasteiger partial charge in [0.15, 0.2) is 0 Å². The van der Waals surface area contributed by atoms with Crippen LogP contribution in [0.4, 0.5) is 0 Å². The molecule has 1 unspecified atom stereocenters. The number of hydrogen-bond donors (Lipinski definition) is 1. The van der Waals surface area contributed by atoms with Crippen LogP contribution in [-0.4, -0.2) is 29.7 Å². The number of rotatable bonds is 7. The molecule has 0 bridgehead atoms. The Labute approximate surface area is 173 Å². The van der Waals surface area contributed by atoms with Crippen LogP contribution >= 0.6 is 0 Å². The van der Waals surface area contributed by atoms with Gasteiger partial charge in [-0.15, -0.1) is 0 Å². The highest BCUT2D eigenvalue weighted by atomic mass is 16.5. The highest BCUT2D eigenvalue weighted by molar-refractivity contribution is 5.89. The summed E-state index contributed by atoms with van der Waals surface area (Å²) >= 11 is 0. The van der Waals surface area contributed by atoms with E-state index in [1.165, 1.54) is 11.8 Å². The molecule has 0 spiro atoms. The normalized spacial score (nSPS) is 17.2. The molecule has 3 heteroatoms. The van der Waals surface area contributed by atoms with Crippen LogP contribution < -0.4 is 4.74 Å².